The Labute approximate surface area is 111 Å². The van der Waals surface area contributed by atoms with Gasteiger partial charge >= 0.3 is 8.80 Å². The number of epoxide rings is 1. The molecule has 0 aromatic heterocycles. The summed E-state index contributed by atoms with van der Waals surface area (Å²) in [5.41, 5.74) is 0. The molecule has 5 heteroatoms. The van der Waals surface area contributed by atoms with Crippen molar-refractivity contribution in [1.82, 2.24) is 0 Å². The molecule has 0 radical (unpaired) electrons. The molecule has 1 aliphatic carbocycles. The fourth-order valence-corrected chi connectivity index (χ4v) is 4.88. The van der Waals surface area contributed by atoms with E-state index < -0.39 is 8.80 Å². The number of hydrogen-bond acceptors (Lipinski definition) is 4. The zero-order valence-electron chi connectivity index (χ0n) is 11.4. The second-order valence-corrected chi connectivity index (χ2v) is 8.09. The molecule has 0 spiro atoms. The zero-order chi connectivity index (χ0) is 13.0. The molecule has 2 fully saturated rings. The molecule has 3 atom stereocenters. The van der Waals surface area contributed by atoms with Gasteiger partial charge in [0.05, 0.1) is 18.8 Å². The van der Waals surface area contributed by atoms with Gasteiger partial charge in [-0.3, -0.25) is 0 Å². The van der Waals surface area contributed by atoms with E-state index in [0.29, 0.717) is 18.8 Å². The van der Waals surface area contributed by atoms with Crippen molar-refractivity contribution in [2.75, 3.05) is 20.8 Å². The monoisotopic (exact) mass is 272 g/mol. The van der Waals surface area contributed by atoms with Crippen molar-refractivity contribution in [3.05, 3.63) is 12.7 Å². The van der Waals surface area contributed by atoms with Crippen LogP contribution in [0, 0.1) is 5.92 Å². The van der Waals surface area contributed by atoms with Gasteiger partial charge < -0.3 is 18.0 Å². The molecule has 104 valence electrons. The summed E-state index contributed by atoms with van der Waals surface area (Å²) in [6.45, 7) is 4.16. The largest absolute Gasteiger partial charge is 0.500 e. The predicted octanol–water partition coefficient (Wildman–Crippen LogP) is 2.38. The minimum absolute atomic E-state index is 0.492. The summed E-state index contributed by atoms with van der Waals surface area (Å²) >= 11 is 0. The van der Waals surface area contributed by atoms with Gasteiger partial charge in [0.15, 0.2) is 0 Å². The molecule has 1 heterocycles. The van der Waals surface area contributed by atoms with Crippen LogP contribution in [0.25, 0.3) is 0 Å². The molecule has 0 N–H and O–H groups in total. The Balaban J connectivity index is 1.78. The maximum atomic E-state index is 5.75. The molecule has 4 nitrogen and oxygen atoms in total. The van der Waals surface area contributed by atoms with Crippen molar-refractivity contribution < 1.29 is 18.0 Å². The van der Waals surface area contributed by atoms with Gasteiger partial charge in [-0.05, 0) is 31.6 Å². The predicted molar refractivity (Wildman–Crippen MR) is 71.3 cm³/mol. The molecule has 1 aliphatic heterocycles. The fraction of sp³-hybridized carbons (Fsp3) is 0.846. The van der Waals surface area contributed by atoms with Crippen LogP contribution in [0.3, 0.4) is 0 Å². The van der Waals surface area contributed by atoms with Crippen LogP contribution in [-0.4, -0.2) is 41.8 Å². The standard InChI is InChI=1S/C13H24O4Si/c1-4-8-16-18(14-2,15-3)9-7-11-5-6-12-13(10-11)17-12/h4,11-13H,1,5-10H2,2-3H3. The van der Waals surface area contributed by atoms with Crippen LogP contribution in [0.15, 0.2) is 12.7 Å². The van der Waals surface area contributed by atoms with Crippen molar-refractivity contribution in [3.8, 4) is 0 Å². The van der Waals surface area contributed by atoms with Gasteiger partial charge in [-0.1, -0.05) is 6.08 Å². The zero-order valence-corrected chi connectivity index (χ0v) is 12.4. The van der Waals surface area contributed by atoms with E-state index in [9.17, 15) is 0 Å². The lowest BCUT2D eigenvalue weighted by Gasteiger charge is -2.28. The summed E-state index contributed by atoms with van der Waals surface area (Å²) in [6.07, 6.45) is 7.65. The average Bonchev–Trinajstić information content (AvgIpc) is 3.18. The minimum atomic E-state index is -2.47. The van der Waals surface area contributed by atoms with Crippen LogP contribution in [0.4, 0.5) is 0 Å². The van der Waals surface area contributed by atoms with E-state index in [0.717, 1.165) is 18.4 Å². The van der Waals surface area contributed by atoms with Crippen molar-refractivity contribution in [3.63, 3.8) is 0 Å². The first-order valence-electron chi connectivity index (χ1n) is 6.73. The lowest BCUT2D eigenvalue weighted by Crippen LogP contribution is -2.44. The maximum absolute atomic E-state index is 5.75. The Bertz CT molecular complexity index is 280. The first-order valence-corrected chi connectivity index (χ1v) is 8.67. The summed E-state index contributed by atoms with van der Waals surface area (Å²) in [4.78, 5) is 0. The molecular formula is C13H24O4Si. The molecule has 1 saturated carbocycles. The fourth-order valence-electron chi connectivity index (χ4n) is 2.79. The van der Waals surface area contributed by atoms with Crippen LogP contribution in [-0.2, 0) is 18.0 Å². The number of ether oxygens (including phenoxy) is 1. The molecule has 0 aromatic rings. The molecule has 18 heavy (non-hydrogen) atoms. The van der Waals surface area contributed by atoms with Crippen molar-refractivity contribution in [2.45, 2.75) is 43.9 Å². The van der Waals surface area contributed by atoms with Crippen molar-refractivity contribution in [2.24, 2.45) is 5.92 Å². The Morgan fingerprint density at radius 3 is 2.67 bits per heavy atom. The van der Waals surface area contributed by atoms with Gasteiger partial charge in [-0.15, -0.1) is 6.58 Å². The third kappa shape index (κ3) is 3.42. The molecule has 0 aromatic carbocycles. The van der Waals surface area contributed by atoms with E-state index in [2.05, 4.69) is 6.58 Å². The van der Waals surface area contributed by atoms with E-state index in [1.54, 1.807) is 20.3 Å². The normalized spacial score (nSPS) is 30.9. The van der Waals surface area contributed by atoms with Gasteiger partial charge in [0, 0.05) is 20.3 Å². The molecule has 2 aliphatic rings. The SMILES string of the molecule is C=CCO[Si](CCC1CCC2OC2C1)(OC)OC. The van der Waals surface area contributed by atoms with E-state index in [-0.39, 0.29) is 0 Å². The first-order chi connectivity index (χ1) is 8.73. The van der Waals surface area contributed by atoms with Crippen molar-refractivity contribution >= 4 is 8.80 Å². The molecular weight excluding hydrogens is 248 g/mol. The first kappa shape index (κ1) is 14.2. The highest BCUT2D eigenvalue weighted by Crippen LogP contribution is 2.41. The lowest BCUT2D eigenvalue weighted by atomic mass is 9.88. The van der Waals surface area contributed by atoms with Gasteiger partial charge in [-0.2, -0.15) is 0 Å². The Hall–Kier alpha value is -0.203. The van der Waals surface area contributed by atoms with E-state index in [1.165, 1.54) is 19.3 Å². The Morgan fingerprint density at radius 2 is 2.06 bits per heavy atom. The third-order valence-corrected chi connectivity index (χ3v) is 6.77. The smallest absolute Gasteiger partial charge is 0.377 e. The highest BCUT2D eigenvalue weighted by atomic mass is 28.4. The molecule has 2 rings (SSSR count). The Morgan fingerprint density at radius 1 is 1.28 bits per heavy atom. The summed E-state index contributed by atoms with van der Waals surface area (Å²) in [5.74, 6) is 0.734. The quantitative estimate of drug-likeness (QED) is 0.386. The lowest BCUT2D eigenvalue weighted by molar-refractivity contribution is 0.107. The second-order valence-electron chi connectivity index (χ2n) is 5.12. The summed E-state index contributed by atoms with van der Waals surface area (Å²) in [7, 11) is 0.892. The van der Waals surface area contributed by atoms with Crippen molar-refractivity contribution in [1.29, 1.82) is 0 Å². The van der Waals surface area contributed by atoms with Gasteiger partial charge in [0.2, 0.25) is 0 Å². The topological polar surface area (TPSA) is 40.2 Å². The van der Waals surface area contributed by atoms with Crippen LogP contribution in [0.2, 0.25) is 6.04 Å². The molecule has 1 saturated heterocycles. The summed E-state index contributed by atoms with van der Waals surface area (Å²) in [5, 5.41) is 0. The maximum Gasteiger partial charge on any atom is 0.500 e. The van der Waals surface area contributed by atoms with E-state index >= 15 is 0 Å². The molecule has 3 unspecified atom stereocenters. The van der Waals surface area contributed by atoms with Gasteiger partial charge in [-0.25, -0.2) is 0 Å². The van der Waals surface area contributed by atoms with Crippen LogP contribution in [0.5, 0.6) is 0 Å². The van der Waals surface area contributed by atoms with E-state index in [4.69, 9.17) is 18.0 Å². The van der Waals surface area contributed by atoms with Crippen LogP contribution < -0.4 is 0 Å². The minimum Gasteiger partial charge on any atom is -0.377 e. The van der Waals surface area contributed by atoms with Crippen LogP contribution in [0.1, 0.15) is 25.7 Å². The Kier molecular flexibility index (Phi) is 4.97. The highest BCUT2D eigenvalue weighted by Gasteiger charge is 2.45. The summed E-state index contributed by atoms with van der Waals surface area (Å²) < 4.78 is 22.4. The number of hydrogen-bond donors (Lipinski definition) is 0. The third-order valence-electron chi connectivity index (χ3n) is 4.01. The second kappa shape index (κ2) is 6.30. The molecule has 0 bridgehead atoms. The number of fused-ring (bicyclic) bond motifs is 1. The van der Waals surface area contributed by atoms with E-state index in [1.807, 2.05) is 0 Å². The molecule has 0 amide bonds. The average molecular weight is 272 g/mol. The summed E-state index contributed by atoms with van der Waals surface area (Å²) in [6, 6.07) is 0.885. The van der Waals surface area contributed by atoms with Gasteiger partial charge in [0.25, 0.3) is 0 Å². The highest BCUT2D eigenvalue weighted by molar-refractivity contribution is 6.60. The van der Waals surface area contributed by atoms with Gasteiger partial charge in [0.1, 0.15) is 0 Å². The van der Waals surface area contributed by atoms with Crippen LogP contribution >= 0.6 is 0 Å². The number of rotatable bonds is 8.